The Morgan fingerprint density at radius 2 is 0.873 bits per heavy atom. The fourth-order valence-electron chi connectivity index (χ4n) is 8.98. The van der Waals surface area contributed by atoms with Crippen LogP contribution in [0.1, 0.15) is 271 Å². The zero-order valence-electron chi connectivity index (χ0n) is 41.4. The molecular formula is C54H105NO8. The van der Waals surface area contributed by atoms with Crippen molar-refractivity contribution in [2.24, 2.45) is 0 Å². The first-order chi connectivity index (χ1) is 30.8. The highest BCUT2D eigenvalue weighted by atomic mass is 16.7. The molecule has 7 unspecified atom stereocenters. The lowest BCUT2D eigenvalue weighted by atomic mass is 9.99. The van der Waals surface area contributed by atoms with Gasteiger partial charge in [-0.2, -0.15) is 0 Å². The van der Waals surface area contributed by atoms with Gasteiger partial charge < -0.3 is 40.3 Å². The second kappa shape index (κ2) is 44.7. The standard InChI is InChI=1S/C54H105NO8/c1-3-5-7-9-11-13-15-17-19-21-23-24-25-26-27-29-31-33-35-37-39-41-43-48(57)47(46-62-54-53(61)52(60)51(59)49(45-56)63-54)55-50(58)44-42-40-38-36-34-32-30-28-22-20-18-16-14-12-10-8-6-4-2/h41,43,47-49,51-54,56-57,59-61H,3-40,42,44-46H2,1-2H3,(H,55,58)/b43-41+. The van der Waals surface area contributed by atoms with Crippen molar-refractivity contribution in [2.75, 3.05) is 13.2 Å². The van der Waals surface area contributed by atoms with Crippen LogP contribution in [0.4, 0.5) is 0 Å². The molecule has 374 valence electrons. The molecule has 0 aromatic carbocycles. The molecule has 0 spiro atoms. The van der Waals surface area contributed by atoms with Gasteiger partial charge in [-0.05, 0) is 19.3 Å². The van der Waals surface area contributed by atoms with E-state index >= 15 is 0 Å². The van der Waals surface area contributed by atoms with Crippen LogP contribution in [0.5, 0.6) is 0 Å². The molecule has 9 nitrogen and oxygen atoms in total. The van der Waals surface area contributed by atoms with E-state index in [1.807, 2.05) is 6.08 Å². The Bertz CT molecular complexity index is 997. The Hall–Kier alpha value is -1.07. The highest BCUT2D eigenvalue weighted by Crippen LogP contribution is 2.23. The molecule has 7 atom stereocenters. The number of rotatable bonds is 47. The predicted octanol–water partition coefficient (Wildman–Crippen LogP) is 12.8. The van der Waals surface area contributed by atoms with E-state index in [4.69, 9.17) is 9.47 Å². The van der Waals surface area contributed by atoms with E-state index in [9.17, 15) is 30.3 Å². The summed E-state index contributed by atoms with van der Waals surface area (Å²) in [5.74, 6) is -0.171. The van der Waals surface area contributed by atoms with Gasteiger partial charge in [-0.1, -0.05) is 257 Å². The Labute approximate surface area is 388 Å². The summed E-state index contributed by atoms with van der Waals surface area (Å²) < 4.78 is 11.3. The summed E-state index contributed by atoms with van der Waals surface area (Å²) in [5, 5.41) is 54.4. The smallest absolute Gasteiger partial charge is 0.220 e. The molecule has 6 N–H and O–H groups in total. The van der Waals surface area contributed by atoms with Crippen molar-refractivity contribution in [3.8, 4) is 0 Å². The van der Waals surface area contributed by atoms with E-state index < -0.39 is 49.5 Å². The molecule has 1 amide bonds. The lowest BCUT2D eigenvalue weighted by Gasteiger charge is -2.40. The molecular weight excluding hydrogens is 791 g/mol. The van der Waals surface area contributed by atoms with Crippen molar-refractivity contribution < 1.29 is 39.8 Å². The van der Waals surface area contributed by atoms with E-state index in [0.717, 1.165) is 38.5 Å². The zero-order valence-corrected chi connectivity index (χ0v) is 41.4. The number of hydrogen-bond acceptors (Lipinski definition) is 8. The quantitative estimate of drug-likeness (QED) is 0.0261. The topological polar surface area (TPSA) is 149 Å². The lowest BCUT2D eigenvalue weighted by Crippen LogP contribution is -2.60. The normalized spacial score (nSPS) is 20.1. The van der Waals surface area contributed by atoms with Crippen molar-refractivity contribution in [3.63, 3.8) is 0 Å². The molecule has 1 saturated heterocycles. The third-order valence-corrected chi connectivity index (χ3v) is 13.4. The SMILES string of the molecule is CCCCCCCCCCCCCCCCCCCCCC/C=C/C(O)C(COC1OC(CO)C(O)C(O)C1O)NC(=O)CCCCCCCCCCCCCCCCCCCC. The van der Waals surface area contributed by atoms with Gasteiger partial charge in [-0.15, -0.1) is 0 Å². The number of amides is 1. The molecule has 1 aliphatic rings. The maximum absolute atomic E-state index is 13.0. The molecule has 0 radical (unpaired) electrons. The van der Waals surface area contributed by atoms with Gasteiger partial charge in [0.15, 0.2) is 6.29 Å². The van der Waals surface area contributed by atoms with Gasteiger partial charge in [0.05, 0.1) is 25.4 Å². The van der Waals surface area contributed by atoms with Crippen LogP contribution in [-0.4, -0.2) is 87.5 Å². The summed E-state index contributed by atoms with van der Waals surface area (Å²) in [6.07, 6.45) is 46.9. The van der Waals surface area contributed by atoms with Gasteiger partial charge in [0, 0.05) is 6.42 Å². The van der Waals surface area contributed by atoms with Gasteiger partial charge in [-0.25, -0.2) is 0 Å². The number of aliphatic hydroxyl groups is 5. The van der Waals surface area contributed by atoms with Gasteiger partial charge in [0.1, 0.15) is 24.4 Å². The van der Waals surface area contributed by atoms with Gasteiger partial charge in [0.25, 0.3) is 0 Å². The van der Waals surface area contributed by atoms with E-state index in [2.05, 4.69) is 19.2 Å². The molecule has 1 fully saturated rings. The summed E-state index contributed by atoms with van der Waals surface area (Å²) in [4.78, 5) is 13.0. The van der Waals surface area contributed by atoms with Crippen molar-refractivity contribution in [1.82, 2.24) is 5.32 Å². The molecule has 0 saturated carbocycles. The molecule has 0 aromatic rings. The Morgan fingerprint density at radius 1 is 0.524 bits per heavy atom. The second-order valence-corrected chi connectivity index (χ2v) is 19.4. The van der Waals surface area contributed by atoms with Crippen molar-refractivity contribution in [2.45, 2.75) is 314 Å². The van der Waals surface area contributed by atoms with Gasteiger partial charge in [0.2, 0.25) is 5.91 Å². The van der Waals surface area contributed by atoms with Crippen LogP contribution >= 0.6 is 0 Å². The van der Waals surface area contributed by atoms with Gasteiger partial charge >= 0.3 is 0 Å². The number of hydrogen-bond donors (Lipinski definition) is 6. The Balaban J connectivity index is 2.25. The number of carbonyl (C=O) groups is 1. The molecule has 0 aliphatic carbocycles. The first kappa shape index (κ1) is 59.9. The van der Waals surface area contributed by atoms with E-state index in [0.29, 0.717) is 6.42 Å². The maximum atomic E-state index is 13.0. The molecule has 0 bridgehead atoms. The van der Waals surface area contributed by atoms with Crippen LogP contribution in [0, 0.1) is 0 Å². The van der Waals surface area contributed by atoms with Crippen LogP contribution in [-0.2, 0) is 14.3 Å². The first-order valence-electron chi connectivity index (χ1n) is 27.4. The van der Waals surface area contributed by atoms with Crippen LogP contribution in [0.3, 0.4) is 0 Å². The van der Waals surface area contributed by atoms with Gasteiger partial charge in [-0.3, -0.25) is 4.79 Å². The molecule has 63 heavy (non-hydrogen) atoms. The minimum atomic E-state index is -1.56. The highest BCUT2D eigenvalue weighted by molar-refractivity contribution is 5.76. The largest absolute Gasteiger partial charge is 0.394 e. The van der Waals surface area contributed by atoms with E-state index in [1.54, 1.807) is 6.08 Å². The number of nitrogens with one attached hydrogen (secondary N) is 1. The maximum Gasteiger partial charge on any atom is 0.220 e. The lowest BCUT2D eigenvalue weighted by molar-refractivity contribution is -0.302. The zero-order chi connectivity index (χ0) is 45.9. The van der Waals surface area contributed by atoms with Crippen LogP contribution in [0.25, 0.3) is 0 Å². The fourth-order valence-corrected chi connectivity index (χ4v) is 8.98. The van der Waals surface area contributed by atoms with E-state index in [-0.39, 0.29) is 12.5 Å². The predicted molar refractivity (Wildman–Crippen MR) is 263 cm³/mol. The Morgan fingerprint density at radius 3 is 1.24 bits per heavy atom. The number of ether oxygens (including phenoxy) is 2. The fraction of sp³-hybridized carbons (Fsp3) is 0.944. The van der Waals surface area contributed by atoms with Crippen molar-refractivity contribution >= 4 is 5.91 Å². The number of allylic oxidation sites excluding steroid dienone is 1. The molecule has 1 heterocycles. The summed E-state index contributed by atoms with van der Waals surface area (Å²) in [6.45, 7) is 3.81. The summed E-state index contributed by atoms with van der Waals surface area (Å²) in [6, 6.07) is -0.799. The highest BCUT2D eigenvalue weighted by Gasteiger charge is 2.44. The average Bonchev–Trinajstić information content (AvgIpc) is 3.28. The number of unbranched alkanes of at least 4 members (excludes halogenated alkanes) is 37. The van der Waals surface area contributed by atoms with Crippen molar-refractivity contribution in [3.05, 3.63) is 12.2 Å². The third-order valence-electron chi connectivity index (χ3n) is 13.4. The monoisotopic (exact) mass is 896 g/mol. The molecule has 0 aromatic heterocycles. The van der Waals surface area contributed by atoms with Crippen molar-refractivity contribution in [1.29, 1.82) is 0 Å². The summed E-state index contributed by atoms with van der Waals surface area (Å²) in [5.41, 5.74) is 0. The van der Waals surface area contributed by atoms with E-state index in [1.165, 1.54) is 212 Å². The summed E-state index contributed by atoms with van der Waals surface area (Å²) in [7, 11) is 0. The number of aliphatic hydroxyl groups excluding tert-OH is 5. The third kappa shape index (κ3) is 34.8. The number of carbonyl (C=O) groups excluding carboxylic acids is 1. The first-order valence-corrected chi connectivity index (χ1v) is 27.4. The second-order valence-electron chi connectivity index (χ2n) is 19.4. The molecule has 1 aliphatic heterocycles. The van der Waals surface area contributed by atoms with Crippen LogP contribution in [0.15, 0.2) is 12.2 Å². The molecule has 9 heteroatoms. The minimum absolute atomic E-state index is 0.171. The minimum Gasteiger partial charge on any atom is -0.394 e. The average molecular weight is 896 g/mol. The Kier molecular flexibility index (Phi) is 42.6. The summed E-state index contributed by atoms with van der Waals surface area (Å²) >= 11 is 0. The van der Waals surface area contributed by atoms with Crippen LogP contribution in [0.2, 0.25) is 0 Å². The van der Waals surface area contributed by atoms with Crippen LogP contribution < -0.4 is 5.32 Å². The molecule has 1 rings (SSSR count).